The predicted octanol–water partition coefficient (Wildman–Crippen LogP) is 4.70. The zero-order valence-electron chi connectivity index (χ0n) is 9.70. The molecule has 2 aromatic rings. The highest BCUT2D eigenvalue weighted by molar-refractivity contribution is 9.10. The Morgan fingerprint density at radius 1 is 1.11 bits per heavy atom. The van der Waals surface area contributed by atoms with Gasteiger partial charge in [-0.3, -0.25) is 4.79 Å². The van der Waals surface area contributed by atoms with Crippen LogP contribution in [0.2, 0.25) is 0 Å². The van der Waals surface area contributed by atoms with E-state index in [1.54, 1.807) is 0 Å². The topological polar surface area (TPSA) is 17.1 Å². The van der Waals surface area contributed by atoms with E-state index in [2.05, 4.69) is 15.9 Å². The van der Waals surface area contributed by atoms with Crippen LogP contribution in [0.5, 0.6) is 0 Å². The minimum atomic E-state index is -1.00. The Labute approximate surface area is 122 Å². The normalized spacial score (nSPS) is 10.5. The molecular formula is C14H9BrF2OS. The van der Waals surface area contributed by atoms with E-state index in [1.807, 2.05) is 24.3 Å². The lowest BCUT2D eigenvalue weighted by Crippen LogP contribution is -2.03. The molecule has 0 amide bonds. The van der Waals surface area contributed by atoms with Crippen molar-refractivity contribution in [3.05, 3.63) is 64.1 Å². The fourth-order valence-electron chi connectivity index (χ4n) is 1.46. The average Bonchev–Trinajstić information content (AvgIpc) is 2.40. The van der Waals surface area contributed by atoms with Crippen molar-refractivity contribution in [2.24, 2.45) is 0 Å². The first-order chi connectivity index (χ1) is 9.08. The summed E-state index contributed by atoms with van der Waals surface area (Å²) in [6.45, 7) is 0. The summed E-state index contributed by atoms with van der Waals surface area (Å²) in [4.78, 5) is 12.8. The lowest BCUT2D eigenvalue weighted by molar-refractivity contribution is 0.102. The fraction of sp³-hybridized carbons (Fsp3) is 0.0714. The Kier molecular flexibility index (Phi) is 4.71. The number of halogens is 3. The number of benzene rings is 2. The highest BCUT2D eigenvalue weighted by Crippen LogP contribution is 2.27. The van der Waals surface area contributed by atoms with Crippen molar-refractivity contribution in [2.75, 3.05) is 5.75 Å². The van der Waals surface area contributed by atoms with Crippen molar-refractivity contribution in [3.8, 4) is 0 Å². The summed E-state index contributed by atoms with van der Waals surface area (Å²) in [6.07, 6.45) is 0. The van der Waals surface area contributed by atoms with Crippen LogP contribution in [-0.4, -0.2) is 11.5 Å². The molecule has 0 heterocycles. The zero-order chi connectivity index (χ0) is 13.8. The monoisotopic (exact) mass is 342 g/mol. The second-order valence-electron chi connectivity index (χ2n) is 3.77. The number of Topliss-reactive ketones (excluding diaryl/α,β-unsaturated/α-hetero) is 1. The molecule has 1 nitrogen and oxygen atoms in total. The van der Waals surface area contributed by atoms with E-state index in [4.69, 9.17) is 0 Å². The molecule has 0 fully saturated rings. The van der Waals surface area contributed by atoms with Gasteiger partial charge in [0.25, 0.3) is 0 Å². The summed E-state index contributed by atoms with van der Waals surface area (Å²) in [7, 11) is 0. The minimum absolute atomic E-state index is 0.174. The lowest BCUT2D eigenvalue weighted by atomic mass is 10.1. The molecule has 5 heteroatoms. The van der Waals surface area contributed by atoms with Crippen molar-refractivity contribution in [3.63, 3.8) is 0 Å². The zero-order valence-corrected chi connectivity index (χ0v) is 12.1. The molecule has 98 valence electrons. The molecule has 0 aromatic heterocycles. The Morgan fingerprint density at radius 2 is 1.84 bits per heavy atom. The molecular weight excluding hydrogens is 334 g/mol. The Bertz CT molecular complexity index is 616. The van der Waals surface area contributed by atoms with Crippen molar-refractivity contribution in [1.82, 2.24) is 0 Å². The molecule has 19 heavy (non-hydrogen) atoms. The smallest absolute Gasteiger partial charge is 0.173 e. The fourth-order valence-corrected chi connectivity index (χ4v) is 2.92. The van der Waals surface area contributed by atoms with Crippen molar-refractivity contribution < 1.29 is 13.6 Å². The summed E-state index contributed by atoms with van der Waals surface area (Å²) < 4.78 is 26.7. The Morgan fingerprint density at radius 3 is 2.53 bits per heavy atom. The van der Waals surface area contributed by atoms with Gasteiger partial charge in [-0.2, -0.15) is 0 Å². The van der Waals surface area contributed by atoms with E-state index in [-0.39, 0.29) is 17.1 Å². The highest BCUT2D eigenvalue weighted by atomic mass is 79.9. The van der Waals surface area contributed by atoms with Gasteiger partial charge in [0.05, 0.1) is 5.75 Å². The first-order valence-corrected chi connectivity index (χ1v) is 7.21. The average molecular weight is 343 g/mol. The standard InChI is InChI=1S/C14H9BrF2OS/c15-10-3-1-2-4-14(10)19-8-13(18)9-5-6-11(16)12(17)7-9/h1-7H,8H2. The van der Waals surface area contributed by atoms with Gasteiger partial charge in [-0.25, -0.2) is 8.78 Å². The van der Waals surface area contributed by atoms with Crippen molar-refractivity contribution in [2.45, 2.75) is 4.90 Å². The van der Waals surface area contributed by atoms with Crippen molar-refractivity contribution in [1.29, 1.82) is 0 Å². The molecule has 0 saturated carbocycles. The molecule has 0 bridgehead atoms. The maximum absolute atomic E-state index is 13.0. The van der Waals surface area contributed by atoms with Crippen LogP contribution in [0.25, 0.3) is 0 Å². The van der Waals surface area contributed by atoms with E-state index >= 15 is 0 Å². The summed E-state index contributed by atoms with van der Waals surface area (Å²) in [5.41, 5.74) is 0.179. The first kappa shape index (κ1) is 14.2. The highest BCUT2D eigenvalue weighted by Gasteiger charge is 2.11. The molecule has 2 rings (SSSR count). The maximum atomic E-state index is 13.0. The number of hydrogen-bond acceptors (Lipinski definition) is 2. The second kappa shape index (κ2) is 6.30. The van der Waals surface area contributed by atoms with Crippen LogP contribution in [0.15, 0.2) is 51.8 Å². The maximum Gasteiger partial charge on any atom is 0.173 e. The van der Waals surface area contributed by atoms with Gasteiger partial charge in [-0.1, -0.05) is 12.1 Å². The molecule has 0 spiro atoms. The van der Waals surface area contributed by atoms with Crippen LogP contribution in [0, 0.1) is 11.6 Å². The van der Waals surface area contributed by atoms with Gasteiger partial charge in [0.15, 0.2) is 17.4 Å². The number of ketones is 1. The lowest BCUT2D eigenvalue weighted by Gasteiger charge is -2.04. The third-order valence-electron chi connectivity index (χ3n) is 2.44. The summed E-state index contributed by atoms with van der Waals surface area (Å²) in [5, 5.41) is 0. The minimum Gasteiger partial charge on any atom is -0.293 e. The first-order valence-electron chi connectivity index (χ1n) is 5.43. The Hall–Kier alpha value is -1.20. The molecule has 0 N–H and O–H groups in total. The van der Waals surface area contributed by atoms with E-state index in [0.717, 1.165) is 21.5 Å². The largest absolute Gasteiger partial charge is 0.293 e. The summed E-state index contributed by atoms with van der Waals surface area (Å²) in [5.74, 6) is -2.01. The summed E-state index contributed by atoms with van der Waals surface area (Å²) in [6, 6.07) is 10.7. The number of carbonyl (C=O) groups excluding carboxylic acids is 1. The van der Waals surface area contributed by atoms with Gasteiger partial charge < -0.3 is 0 Å². The van der Waals surface area contributed by atoms with Crippen LogP contribution in [-0.2, 0) is 0 Å². The Balaban J connectivity index is 2.05. The number of carbonyl (C=O) groups is 1. The van der Waals surface area contributed by atoms with Crippen molar-refractivity contribution >= 4 is 33.5 Å². The van der Waals surface area contributed by atoms with Gasteiger partial charge in [0, 0.05) is 14.9 Å². The number of thioether (sulfide) groups is 1. The molecule has 0 unspecified atom stereocenters. The molecule has 2 aromatic carbocycles. The van der Waals surface area contributed by atoms with Crippen LogP contribution < -0.4 is 0 Å². The molecule has 0 radical (unpaired) electrons. The van der Waals surface area contributed by atoms with Gasteiger partial charge in [-0.05, 0) is 46.3 Å². The van der Waals surface area contributed by atoms with Crippen LogP contribution in [0.4, 0.5) is 8.78 Å². The quantitative estimate of drug-likeness (QED) is 0.591. The van der Waals surface area contributed by atoms with E-state index < -0.39 is 11.6 Å². The third-order valence-corrected chi connectivity index (χ3v) is 4.46. The van der Waals surface area contributed by atoms with E-state index in [1.165, 1.54) is 17.8 Å². The van der Waals surface area contributed by atoms with E-state index in [9.17, 15) is 13.6 Å². The van der Waals surface area contributed by atoms with Crippen LogP contribution in [0.3, 0.4) is 0 Å². The predicted molar refractivity (Wildman–Crippen MR) is 75.6 cm³/mol. The van der Waals surface area contributed by atoms with Gasteiger partial charge in [0.1, 0.15) is 0 Å². The summed E-state index contributed by atoms with van der Waals surface area (Å²) >= 11 is 4.73. The molecule has 0 aliphatic carbocycles. The number of hydrogen-bond donors (Lipinski definition) is 0. The van der Waals surface area contributed by atoms with E-state index in [0.29, 0.717) is 0 Å². The van der Waals surface area contributed by atoms with Gasteiger partial charge in [-0.15, -0.1) is 11.8 Å². The molecule has 0 aliphatic heterocycles. The van der Waals surface area contributed by atoms with Crippen LogP contribution >= 0.6 is 27.7 Å². The molecule has 0 saturated heterocycles. The molecule has 0 atom stereocenters. The molecule has 0 aliphatic rings. The van der Waals surface area contributed by atoms with Gasteiger partial charge in [0.2, 0.25) is 0 Å². The third kappa shape index (κ3) is 3.64. The second-order valence-corrected chi connectivity index (χ2v) is 5.64. The number of rotatable bonds is 4. The van der Waals surface area contributed by atoms with Gasteiger partial charge >= 0.3 is 0 Å². The van der Waals surface area contributed by atoms with Crippen LogP contribution in [0.1, 0.15) is 10.4 Å². The SMILES string of the molecule is O=C(CSc1ccccc1Br)c1ccc(F)c(F)c1.